The third-order valence-electron chi connectivity index (χ3n) is 3.39. The fraction of sp³-hybridized carbons (Fsp3) is 0.125. The van der Waals surface area contributed by atoms with Crippen LogP contribution in [0.2, 0.25) is 0 Å². The second-order valence-corrected chi connectivity index (χ2v) is 5.27. The number of nitrogens with zero attached hydrogens (tertiary/aromatic N) is 4. The quantitative estimate of drug-likeness (QED) is 0.692. The molecule has 0 bridgehead atoms. The van der Waals surface area contributed by atoms with Crippen molar-refractivity contribution in [2.24, 2.45) is 10.2 Å². The molecular formula is C16H11F3N4O2. The highest BCUT2D eigenvalue weighted by atomic mass is 19.4. The van der Waals surface area contributed by atoms with Crippen molar-refractivity contribution in [1.29, 1.82) is 0 Å². The van der Waals surface area contributed by atoms with Crippen molar-refractivity contribution in [1.82, 2.24) is 9.38 Å². The lowest BCUT2D eigenvalue weighted by atomic mass is 10.2. The summed E-state index contributed by atoms with van der Waals surface area (Å²) in [5, 5.41) is 16.8. The molecule has 3 rings (SSSR count). The topological polar surface area (TPSA) is 79.3 Å². The number of alkyl halides is 3. The van der Waals surface area contributed by atoms with Gasteiger partial charge in [-0.1, -0.05) is 6.07 Å². The standard InChI is InChI=1S/C16H11F3N4O2/c1-9-5-6-23-12(7-9)20-13(15(24)25)14(23)22-21-11-4-2-3-10(8-11)16(17,18)19/h2-8H,1H3,(H,24,25). The number of benzene rings is 1. The van der Waals surface area contributed by atoms with E-state index in [2.05, 4.69) is 15.2 Å². The van der Waals surface area contributed by atoms with E-state index in [4.69, 9.17) is 0 Å². The van der Waals surface area contributed by atoms with Crippen LogP contribution in [0.25, 0.3) is 5.65 Å². The lowest BCUT2D eigenvalue weighted by molar-refractivity contribution is -0.137. The van der Waals surface area contributed by atoms with Crippen LogP contribution in [0, 0.1) is 6.92 Å². The van der Waals surface area contributed by atoms with Crippen molar-refractivity contribution < 1.29 is 23.1 Å². The van der Waals surface area contributed by atoms with Crippen LogP contribution in [0.3, 0.4) is 0 Å². The van der Waals surface area contributed by atoms with Crippen LogP contribution in [0.15, 0.2) is 52.8 Å². The number of fused-ring (bicyclic) bond motifs is 1. The summed E-state index contributed by atoms with van der Waals surface area (Å²) < 4.78 is 39.6. The van der Waals surface area contributed by atoms with Gasteiger partial charge >= 0.3 is 12.1 Å². The fourth-order valence-electron chi connectivity index (χ4n) is 2.22. The Balaban J connectivity index is 2.07. The Morgan fingerprint density at radius 1 is 1.20 bits per heavy atom. The minimum absolute atomic E-state index is 0.0479. The minimum atomic E-state index is -4.50. The first-order chi connectivity index (χ1) is 11.8. The molecule has 128 valence electrons. The highest BCUT2D eigenvalue weighted by Gasteiger charge is 2.30. The zero-order chi connectivity index (χ0) is 18.2. The lowest BCUT2D eigenvalue weighted by Crippen LogP contribution is -2.03. The number of pyridine rings is 1. The molecule has 0 aliphatic carbocycles. The van der Waals surface area contributed by atoms with Crippen LogP contribution in [-0.2, 0) is 6.18 Å². The lowest BCUT2D eigenvalue weighted by Gasteiger charge is -2.05. The summed E-state index contributed by atoms with van der Waals surface area (Å²) in [7, 11) is 0. The Labute approximate surface area is 139 Å². The highest BCUT2D eigenvalue weighted by molar-refractivity contribution is 5.91. The summed E-state index contributed by atoms with van der Waals surface area (Å²) in [6, 6.07) is 7.68. The molecule has 9 heteroatoms. The van der Waals surface area contributed by atoms with Crippen LogP contribution >= 0.6 is 0 Å². The molecule has 0 amide bonds. The summed E-state index contributed by atoms with van der Waals surface area (Å²) in [4.78, 5) is 15.3. The molecule has 2 aromatic heterocycles. The predicted molar refractivity (Wildman–Crippen MR) is 82.5 cm³/mol. The van der Waals surface area contributed by atoms with E-state index in [1.165, 1.54) is 16.5 Å². The third kappa shape index (κ3) is 3.35. The van der Waals surface area contributed by atoms with E-state index in [-0.39, 0.29) is 17.2 Å². The van der Waals surface area contributed by atoms with Gasteiger partial charge in [0.1, 0.15) is 5.65 Å². The van der Waals surface area contributed by atoms with E-state index in [0.29, 0.717) is 5.65 Å². The number of carboxylic acid groups (broad SMARTS) is 1. The summed E-state index contributed by atoms with van der Waals surface area (Å²) >= 11 is 0. The molecule has 0 radical (unpaired) electrons. The highest BCUT2D eigenvalue weighted by Crippen LogP contribution is 2.32. The first-order valence-electron chi connectivity index (χ1n) is 7.07. The number of halogens is 3. The summed E-state index contributed by atoms with van der Waals surface area (Å²) in [6.07, 6.45) is -2.93. The Kier molecular flexibility index (Phi) is 3.99. The summed E-state index contributed by atoms with van der Waals surface area (Å²) in [5.41, 5.74) is -0.0167. The first kappa shape index (κ1) is 16.6. The molecule has 0 aliphatic rings. The van der Waals surface area contributed by atoms with Crippen molar-refractivity contribution in [3.05, 3.63) is 59.4 Å². The number of rotatable bonds is 3. The number of aryl methyl sites for hydroxylation is 1. The van der Waals surface area contributed by atoms with Gasteiger partial charge in [-0.3, -0.25) is 4.40 Å². The smallest absolute Gasteiger partial charge is 0.416 e. The number of carbonyl (C=O) groups is 1. The molecule has 2 heterocycles. The van der Waals surface area contributed by atoms with Gasteiger partial charge in [-0.15, -0.1) is 10.2 Å². The molecule has 0 saturated carbocycles. The van der Waals surface area contributed by atoms with Crippen LogP contribution in [-0.4, -0.2) is 20.5 Å². The molecule has 0 saturated heterocycles. The monoisotopic (exact) mass is 348 g/mol. The maximum atomic E-state index is 12.7. The SMILES string of the molecule is Cc1ccn2c(N=Nc3cccc(C(F)(F)F)c3)c(C(=O)O)nc2c1. The zero-order valence-corrected chi connectivity index (χ0v) is 12.8. The fourth-order valence-corrected chi connectivity index (χ4v) is 2.22. The third-order valence-corrected chi connectivity index (χ3v) is 3.39. The van der Waals surface area contributed by atoms with Crippen LogP contribution in [0.1, 0.15) is 21.6 Å². The number of azo groups is 1. The molecule has 0 aliphatic heterocycles. The van der Waals surface area contributed by atoms with Gasteiger partial charge in [-0.2, -0.15) is 13.2 Å². The van der Waals surface area contributed by atoms with Gasteiger partial charge < -0.3 is 5.11 Å². The molecule has 1 aromatic carbocycles. The molecule has 6 nitrogen and oxygen atoms in total. The van der Waals surface area contributed by atoms with E-state index in [1.54, 1.807) is 18.3 Å². The van der Waals surface area contributed by atoms with E-state index in [1.807, 2.05) is 6.92 Å². The molecule has 0 unspecified atom stereocenters. The van der Waals surface area contributed by atoms with Crippen molar-refractivity contribution in [3.63, 3.8) is 0 Å². The van der Waals surface area contributed by atoms with Gasteiger partial charge in [0.15, 0.2) is 11.5 Å². The number of carboxylic acids is 1. The van der Waals surface area contributed by atoms with E-state index < -0.39 is 17.7 Å². The van der Waals surface area contributed by atoms with E-state index in [0.717, 1.165) is 17.7 Å². The summed E-state index contributed by atoms with van der Waals surface area (Å²) in [5.74, 6) is -1.38. The Morgan fingerprint density at radius 2 is 1.96 bits per heavy atom. The second-order valence-electron chi connectivity index (χ2n) is 5.27. The largest absolute Gasteiger partial charge is 0.476 e. The number of imidazole rings is 1. The van der Waals surface area contributed by atoms with E-state index >= 15 is 0 Å². The van der Waals surface area contributed by atoms with Crippen molar-refractivity contribution >= 4 is 23.1 Å². The van der Waals surface area contributed by atoms with Crippen molar-refractivity contribution in [2.45, 2.75) is 13.1 Å². The maximum Gasteiger partial charge on any atom is 0.416 e. The minimum Gasteiger partial charge on any atom is -0.476 e. The van der Waals surface area contributed by atoms with Crippen molar-refractivity contribution in [2.75, 3.05) is 0 Å². The first-order valence-corrected chi connectivity index (χ1v) is 7.07. The van der Waals surface area contributed by atoms with E-state index in [9.17, 15) is 23.1 Å². The average Bonchev–Trinajstić information content (AvgIpc) is 2.90. The van der Waals surface area contributed by atoms with Crippen molar-refractivity contribution in [3.8, 4) is 0 Å². The maximum absolute atomic E-state index is 12.7. The Hall–Kier alpha value is -3.23. The summed E-state index contributed by atoms with van der Waals surface area (Å²) in [6.45, 7) is 1.82. The second kappa shape index (κ2) is 6.00. The predicted octanol–water partition coefficient (Wildman–Crippen LogP) is 4.78. The molecule has 25 heavy (non-hydrogen) atoms. The number of hydrogen-bond donors (Lipinski definition) is 1. The normalized spacial score (nSPS) is 12.2. The number of aromatic nitrogens is 2. The molecule has 1 N–H and O–H groups in total. The van der Waals surface area contributed by atoms with Gasteiger partial charge in [0.05, 0.1) is 11.3 Å². The van der Waals surface area contributed by atoms with Crippen LogP contribution in [0.4, 0.5) is 24.7 Å². The molecule has 0 spiro atoms. The number of aromatic carboxylic acids is 1. The van der Waals surface area contributed by atoms with Gasteiger partial charge in [0, 0.05) is 6.20 Å². The van der Waals surface area contributed by atoms with Gasteiger partial charge in [-0.05, 0) is 42.8 Å². The molecule has 3 aromatic rings. The van der Waals surface area contributed by atoms with Gasteiger partial charge in [-0.25, -0.2) is 9.78 Å². The zero-order valence-electron chi connectivity index (χ0n) is 12.8. The number of hydrogen-bond acceptors (Lipinski definition) is 4. The average molecular weight is 348 g/mol. The van der Waals surface area contributed by atoms with Crippen LogP contribution in [0.5, 0.6) is 0 Å². The molecular weight excluding hydrogens is 337 g/mol. The van der Waals surface area contributed by atoms with Crippen LogP contribution < -0.4 is 0 Å². The molecule has 0 atom stereocenters. The Morgan fingerprint density at radius 3 is 2.64 bits per heavy atom. The van der Waals surface area contributed by atoms with Gasteiger partial charge in [0.2, 0.25) is 0 Å². The van der Waals surface area contributed by atoms with Gasteiger partial charge in [0.25, 0.3) is 0 Å². The Bertz CT molecular complexity index is 993. The molecule has 0 fully saturated rings.